The summed E-state index contributed by atoms with van der Waals surface area (Å²) in [5.41, 5.74) is 1.01. The van der Waals surface area contributed by atoms with Crippen LogP contribution in [-0.4, -0.2) is 24.8 Å². The number of ether oxygens (including phenoxy) is 1. The molecule has 6 heteroatoms. The number of rotatable bonds is 5. The van der Waals surface area contributed by atoms with E-state index in [1.807, 2.05) is 0 Å². The standard InChI is InChI=1S/C17H14ClNO4/c1-23-16(21)10-15(20)19-14-8-7-12(18)9-13(14)17(22)11-5-3-2-4-6-11/h2-9H,10H2,1H3,(H,19,20). The zero-order valence-corrected chi connectivity index (χ0v) is 13.1. The van der Waals surface area contributed by atoms with E-state index in [0.29, 0.717) is 10.6 Å². The van der Waals surface area contributed by atoms with E-state index in [2.05, 4.69) is 10.1 Å². The molecular formula is C17H14ClNO4. The topological polar surface area (TPSA) is 72.5 Å². The molecule has 118 valence electrons. The van der Waals surface area contributed by atoms with E-state index in [9.17, 15) is 14.4 Å². The lowest BCUT2D eigenvalue weighted by Crippen LogP contribution is -2.19. The fourth-order valence-corrected chi connectivity index (χ4v) is 2.13. The zero-order chi connectivity index (χ0) is 16.8. The smallest absolute Gasteiger partial charge is 0.315 e. The number of anilines is 1. The van der Waals surface area contributed by atoms with Gasteiger partial charge in [-0.25, -0.2) is 0 Å². The molecule has 1 amide bonds. The monoisotopic (exact) mass is 331 g/mol. The molecule has 0 heterocycles. The SMILES string of the molecule is COC(=O)CC(=O)Nc1ccc(Cl)cc1C(=O)c1ccccc1. The van der Waals surface area contributed by atoms with Crippen molar-refractivity contribution in [2.24, 2.45) is 0 Å². The quantitative estimate of drug-likeness (QED) is 0.519. The molecule has 0 aliphatic carbocycles. The van der Waals surface area contributed by atoms with Crippen molar-refractivity contribution in [2.45, 2.75) is 6.42 Å². The lowest BCUT2D eigenvalue weighted by Gasteiger charge is -2.11. The van der Waals surface area contributed by atoms with Crippen LogP contribution in [-0.2, 0) is 14.3 Å². The molecule has 1 N–H and O–H groups in total. The summed E-state index contributed by atoms with van der Waals surface area (Å²) < 4.78 is 4.44. The van der Waals surface area contributed by atoms with Crippen LogP contribution < -0.4 is 5.32 Å². The van der Waals surface area contributed by atoms with Crippen molar-refractivity contribution in [3.05, 3.63) is 64.7 Å². The Balaban J connectivity index is 2.29. The van der Waals surface area contributed by atoms with Crippen LogP contribution in [0.15, 0.2) is 48.5 Å². The maximum absolute atomic E-state index is 12.6. The van der Waals surface area contributed by atoms with Crippen molar-refractivity contribution in [1.29, 1.82) is 0 Å². The number of ketones is 1. The Morgan fingerprint density at radius 2 is 1.78 bits per heavy atom. The molecule has 0 saturated carbocycles. The molecule has 0 saturated heterocycles. The van der Waals surface area contributed by atoms with Gasteiger partial charge in [-0.15, -0.1) is 0 Å². The van der Waals surface area contributed by atoms with E-state index in [-0.39, 0.29) is 17.0 Å². The maximum Gasteiger partial charge on any atom is 0.315 e. The highest BCUT2D eigenvalue weighted by Gasteiger charge is 2.17. The van der Waals surface area contributed by atoms with Gasteiger partial charge in [0.15, 0.2) is 5.78 Å². The second-order valence-electron chi connectivity index (χ2n) is 4.69. The Morgan fingerprint density at radius 3 is 2.43 bits per heavy atom. The van der Waals surface area contributed by atoms with E-state index in [1.165, 1.54) is 19.2 Å². The fraction of sp³-hybridized carbons (Fsp3) is 0.118. The molecule has 23 heavy (non-hydrogen) atoms. The Labute approximate surface area is 138 Å². The van der Waals surface area contributed by atoms with Crippen LogP contribution in [0.25, 0.3) is 0 Å². The molecule has 0 radical (unpaired) electrons. The summed E-state index contributed by atoms with van der Waals surface area (Å²) in [6.45, 7) is 0. The minimum absolute atomic E-state index is 0.252. The second kappa shape index (κ2) is 7.56. The summed E-state index contributed by atoms with van der Waals surface area (Å²) >= 11 is 5.95. The van der Waals surface area contributed by atoms with Gasteiger partial charge in [0.05, 0.1) is 12.8 Å². The van der Waals surface area contributed by atoms with E-state index in [0.717, 1.165) is 0 Å². The Hall–Kier alpha value is -2.66. The first kappa shape index (κ1) is 16.7. The third-order valence-corrected chi connectivity index (χ3v) is 3.30. The molecule has 2 aromatic carbocycles. The van der Waals surface area contributed by atoms with Gasteiger partial charge >= 0.3 is 5.97 Å². The van der Waals surface area contributed by atoms with E-state index < -0.39 is 18.3 Å². The first-order valence-electron chi connectivity index (χ1n) is 6.77. The number of benzene rings is 2. The highest BCUT2D eigenvalue weighted by molar-refractivity contribution is 6.31. The van der Waals surface area contributed by atoms with Crippen LogP contribution in [0, 0.1) is 0 Å². The number of halogens is 1. The summed E-state index contributed by atoms with van der Waals surface area (Å²) in [6, 6.07) is 13.2. The summed E-state index contributed by atoms with van der Waals surface area (Å²) in [6.07, 6.45) is -0.432. The van der Waals surface area contributed by atoms with Gasteiger partial charge in [0.25, 0.3) is 0 Å². The average Bonchev–Trinajstić information content (AvgIpc) is 2.56. The molecule has 0 spiro atoms. The third kappa shape index (κ3) is 4.40. The third-order valence-electron chi connectivity index (χ3n) is 3.07. The van der Waals surface area contributed by atoms with Gasteiger partial charge in [0.1, 0.15) is 6.42 Å². The number of amides is 1. The van der Waals surface area contributed by atoms with Gasteiger partial charge in [-0.3, -0.25) is 14.4 Å². The molecule has 0 aliphatic heterocycles. The number of carbonyl (C=O) groups excluding carboxylic acids is 3. The lowest BCUT2D eigenvalue weighted by molar-refractivity contribution is -0.142. The molecule has 0 aliphatic rings. The van der Waals surface area contributed by atoms with Crippen molar-refractivity contribution >= 4 is 34.9 Å². The van der Waals surface area contributed by atoms with Gasteiger partial charge in [0.2, 0.25) is 5.91 Å². The fourth-order valence-electron chi connectivity index (χ4n) is 1.96. The Morgan fingerprint density at radius 1 is 1.09 bits per heavy atom. The minimum atomic E-state index is -0.660. The highest BCUT2D eigenvalue weighted by Crippen LogP contribution is 2.24. The van der Waals surface area contributed by atoms with Crippen molar-refractivity contribution < 1.29 is 19.1 Å². The van der Waals surface area contributed by atoms with Crippen LogP contribution in [0.3, 0.4) is 0 Å². The van der Waals surface area contributed by atoms with Crippen LogP contribution >= 0.6 is 11.6 Å². The van der Waals surface area contributed by atoms with Crippen LogP contribution in [0.2, 0.25) is 5.02 Å². The molecule has 5 nitrogen and oxygen atoms in total. The van der Waals surface area contributed by atoms with Gasteiger partial charge in [-0.2, -0.15) is 0 Å². The van der Waals surface area contributed by atoms with Crippen LogP contribution in [0.4, 0.5) is 5.69 Å². The van der Waals surface area contributed by atoms with Crippen molar-refractivity contribution in [1.82, 2.24) is 0 Å². The van der Waals surface area contributed by atoms with Gasteiger partial charge in [-0.05, 0) is 18.2 Å². The largest absolute Gasteiger partial charge is 0.469 e. The summed E-state index contributed by atoms with van der Waals surface area (Å²) in [7, 11) is 1.20. The highest BCUT2D eigenvalue weighted by atomic mass is 35.5. The molecule has 0 unspecified atom stereocenters. The van der Waals surface area contributed by atoms with Gasteiger partial charge in [0, 0.05) is 16.1 Å². The number of nitrogens with one attached hydrogen (secondary N) is 1. The first-order chi connectivity index (χ1) is 11.0. The van der Waals surface area contributed by atoms with Crippen molar-refractivity contribution in [3.8, 4) is 0 Å². The first-order valence-corrected chi connectivity index (χ1v) is 7.15. The number of hydrogen-bond donors (Lipinski definition) is 1. The van der Waals surface area contributed by atoms with Crippen LogP contribution in [0.5, 0.6) is 0 Å². The number of methoxy groups -OCH3 is 1. The van der Waals surface area contributed by atoms with E-state index in [1.54, 1.807) is 36.4 Å². The van der Waals surface area contributed by atoms with Crippen LogP contribution in [0.1, 0.15) is 22.3 Å². The Bertz CT molecular complexity index is 744. The molecule has 2 rings (SSSR count). The predicted molar refractivity (Wildman–Crippen MR) is 86.6 cm³/mol. The second-order valence-corrected chi connectivity index (χ2v) is 5.12. The minimum Gasteiger partial charge on any atom is -0.469 e. The zero-order valence-electron chi connectivity index (χ0n) is 12.3. The summed E-state index contributed by atoms with van der Waals surface area (Å²) in [5, 5.41) is 2.90. The van der Waals surface area contributed by atoms with Crippen molar-refractivity contribution in [2.75, 3.05) is 12.4 Å². The summed E-state index contributed by atoms with van der Waals surface area (Å²) in [5.74, 6) is -1.50. The average molecular weight is 332 g/mol. The van der Waals surface area contributed by atoms with E-state index >= 15 is 0 Å². The maximum atomic E-state index is 12.6. The van der Waals surface area contributed by atoms with Gasteiger partial charge in [-0.1, -0.05) is 41.9 Å². The summed E-state index contributed by atoms with van der Waals surface area (Å²) in [4.78, 5) is 35.5. The lowest BCUT2D eigenvalue weighted by atomic mass is 10.0. The Kier molecular flexibility index (Phi) is 5.49. The number of carbonyl (C=O) groups is 3. The normalized spacial score (nSPS) is 10.0. The molecule has 0 aromatic heterocycles. The predicted octanol–water partition coefficient (Wildman–Crippen LogP) is 3.07. The molecular weight excluding hydrogens is 318 g/mol. The number of esters is 1. The number of hydrogen-bond acceptors (Lipinski definition) is 4. The molecule has 0 bridgehead atoms. The molecule has 2 aromatic rings. The van der Waals surface area contributed by atoms with E-state index in [4.69, 9.17) is 11.6 Å². The van der Waals surface area contributed by atoms with Gasteiger partial charge < -0.3 is 10.1 Å². The molecule has 0 fully saturated rings. The molecule has 0 atom stereocenters. The van der Waals surface area contributed by atoms with Crippen molar-refractivity contribution in [3.63, 3.8) is 0 Å².